The largest absolute Gasteiger partial charge is 0.350 e. The molecule has 1 heterocycles. The van der Waals surface area contributed by atoms with Crippen molar-refractivity contribution in [2.24, 2.45) is 0 Å². The maximum atomic E-state index is 12.9. The van der Waals surface area contributed by atoms with Crippen LogP contribution < -0.4 is 15.5 Å². The quantitative estimate of drug-likeness (QED) is 0.351. The van der Waals surface area contributed by atoms with Crippen molar-refractivity contribution in [2.45, 2.75) is 6.92 Å². The standard InChI is InChI=1S/C28H20ClN3O3/c1-17-9-15-21(16-10-17)32-27(34)24(29)25(28(32)35)30-20-13-11-19(12-14-20)26(33)31-23-8-4-6-18-5-2-3-7-22(18)23/h2-16,30H,1H3,(H,31,33). The highest BCUT2D eigenvalue weighted by molar-refractivity contribution is 6.53. The number of rotatable bonds is 5. The van der Waals surface area contributed by atoms with Crippen molar-refractivity contribution in [3.8, 4) is 0 Å². The van der Waals surface area contributed by atoms with E-state index in [0.717, 1.165) is 26.9 Å². The average Bonchev–Trinajstić information content (AvgIpc) is 3.08. The molecule has 6 nitrogen and oxygen atoms in total. The summed E-state index contributed by atoms with van der Waals surface area (Å²) >= 11 is 6.21. The fraction of sp³-hybridized carbons (Fsp3) is 0.0357. The number of anilines is 3. The number of fused-ring (bicyclic) bond motifs is 1. The van der Waals surface area contributed by atoms with E-state index in [1.807, 2.05) is 61.5 Å². The zero-order chi connectivity index (χ0) is 24.5. The number of carbonyl (C=O) groups is 3. The van der Waals surface area contributed by atoms with Crippen LogP contribution in [0.4, 0.5) is 17.1 Å². The van der Waals surface area contributed by atoms with Gasteiger partial charge in [0.05, 0.1) is 5.69 Å². The minimum absolute atomic E-state index is 0.00908. The van der Waals surface area contributed by atoms with E-state index < -0.39 is 11.8 Å². The minimum Gasteiger partial charge on any atom is -0.350 e. The molecule has 1 aliphatic rings. The van der Waals surface area contributed by atoms with Gasteiger partial charge in [-0.2, -0.15) is 0 Å². The molecule has 2 N–H and O–H groups in total. The SMILES string of the molecule is Cc1ccc(N2C(=O)C(Cl)=C(Nc3ccc(C(=O)Nc4cccc5ccccc45)cc3)C2=O)cc1. The van der Waals surface area contributed by atoms with E-state index in [2.05, 4.69) is 10.6 Å². The van der Waals surface area contributed by atoms with E-state index >= 15 is 0 Å². The Bertz CT molecular complexity index is 1500. The molecule has 0 fully saturated rings. The van der Waals surface area contributed by atoms with Gasteiger partial charge in [-0.1, -0.05) is 65.7 Å². The van der Waals surface area contributed by atoms with Crippen LogP contribution in [-0.4, -0.2) is 17.7 Å². The number of carbonyl (C=O) groups excluding carboxylic acids is 3. The third kappa shape index (κ3) is 4.27. The molecular formula is C28H20ClN3O3. The van der Waals surface area contributed by atoms with E-state index in [0.29, 0.717) is 16.9 Å². The van der Waals surface area contributed by atoms with Crippen LogP contribution in [0.1, 0.15) is 15.9 Å². The molecule has 5 rings (SSSR count). The molecule has 3 amide bonds. The first kappa shape index (κ1) is 22.4. The summed E-state index contributed by atoms with van der Waals surface area (Å²) in [7, 11) is 0. The number of hydrogen-bond donors (Lipinski definition) is 2. The van der Waals surface area contributed by atoms with Crippen molar-refractivity contribution in [1.82, 2.24) is 0 Å². The number of halogens is 1. The van der Waals surface area contributed by atoms with E-state index in [9.17, 15) is 14.4 Å². The monoisotopic (exact) mass is 481 g/mol. The molecule has 0 aromatic heterocycles. The van der Waals surface area contributed by atoms with Gasteiger partial charge in [0.15, 0.2) is 0 Å². The van der Waals surface area contributed by atoms with Crippen LogP contribution in [0.2, 0.25) is 0 Å². The maximum Gasteiger partial charge on any atom is 0.283 e. The van der Waals surface area contributed by atoms with Crippen LogP contribution in [0.3, 0.4) is 0 Å². The molecular weight excluding hydrogens is 462 g/mol. The normalized spacial score (nSPS) is 13.5. The summed E-state index contributed by atoms with van der Waals surface area (Å²) in [5, 5.41) is 7.67. The zero-order valence-electron chi connectivity index (χ0n) is 18.7. The Hall–Kier alpha value is -4.42. The van der Waals surface area contributed by atoms with Gasteiger partial charge >= 0.3 is 0 Å². The second kappa shape index (κ2) is 9.08. The van der Waals surface area contributed by atoms with Gasteiger partial charge in [0.2, 0.25) is 0 Å². The van der Waals surface area contributed by atoms with Crippen LogP contribution in [0.15, 0.2) is 102 Å². The number of aryl methyl sites for hydroxylation is 1. The van der Waals surface area contributed by atoms with E-state index in [1.54, 1.807) is 36.4 Å². The van der Waals surface area contributed by atoms with Crippen molar-refractivity contribution >= 4 is 57.2 Å². The molecule has 4 aromatic rings. The second-order valence-electron chi connectivity index (χ2n) is 8.15. The second-order valence-corrected chi connectivity index (χ2v) is 8.53. The summed E-state index contributed by atoms with van der Waals surface area (Å²) in [5.74, 6) is -1.39. The van der Waals surface area contributed by atoms with Gasteiger partial charge in [-0.3, -0.25) is 14.4 Å². The lowest BCUT2D eigenvalue weighted by Crippen LogP contribution is -2.32. The molecule has 1 aliphatic heterocycles. The van der Waals surface area contributed by atoms with Crippen LogP contribution in [0, 0.1) is 6.92 Å². The molecule has 7 heteroatoms. The first-order chi connectivity index (χ1) is 16.9. The van der Waals surface area contributed by atoms with Crippen molar-refractivity contribution in [1.29, 1.82) is 0 Å². The predicted molar refractivity (Wildman–Crippen MR) is 139 cm³/mol. The first-order valence-electron chi connectivity index (χ1n) is 10.9. The zero-order valence-corrected chi connectivity index (χ0v) is 19.5. The topological polar surface area (TPSA) is 78.5 Å². The van der Waals surface area contributed by atoms with Crippen LogP contribution in [0.25, 0.3) is 10.8 Å². The Kier molecular flexibility index (Phi) is 5.81. The molecule has 0 radical (unpaired) electrons. The summed E-state index contributed by atoms with van der Waals surface area (Å²) in [4.78, 5) is 39.4. The Labute approximate surface area is 206 Å². The minimum atomic E-state index is -0.589. The molecule has 0 aliphatic carbocycles. The molecule has 35 heavy (non-hydrogen) atoms. The molecule has 0 saturated heterocycles. The van der Waals surface area contributed by atoms with Crippen LogP contribution in [0.5, 0.6) is 0 Å². The Morgan fingerprint density at radius 2 is 1.49 bits per heavy atom. The third-order valence-corrected chi connectivity index (χ3v) is 6.12. The van der Waals surface area contributed by atoms with Gasteiger partial charge in [-0.05, 0) is 54.8 Å². The molecule has 0 unspecified atom stereocenters. The molecule has 0 spiro atoms. The van der Waals surface area contributed by atoms with Gasteiger partial charge in [-0.25, -0.2) is 4.90 Å². The van der Waals surface area contributed by atoms with E-state index in [4.69, 9.17) is 11.6 Å². The van der Waals surface area contributed by atoms with Crippen LogP contribution >= 0.6 is 11.6 Å². The number of benzene rings is 4. The lowest BCUT2D eigenvalue weighted by Gasteiger charge is -2.15. The molecule has 172 valence electrons. The smallest absolute Gasteiger partial charge is 0.283 e. The van der Waals surface area contributed by atoms with Crippen molar-refractivity contribution in [3.05, 3.63) is 113 Å². The number of hydrogen-bond acceptors (Lipinski definition) is 4. The first-order valence-corrected chi connectivity index (χ1v) is 11.3. The van der Waals surface area contributed by atoms with Crippen molar-refractivity contribution in [3.63, 3.8) is 0 Å². The summed E-state index contributed by atoms with van der Waals surface area (Å²) in [6, 6.07) is 27.1. The molecule has 0 bridgehead atoms. The van der Waals surface area contributed by atoms with Crippen molar-refractivity contribution < 1.29 is 14.4 Å². The molecule has 0 atom stereocenters. The Morgan fingerprint density at radius 1 is 0.800 bits per heavy atom. The lowest BCUT2D eigenvalue weighted by atomic mass is 10.1. The average molecular weight is 482 g/mol. The highest BCUT2D eigenvalue weighted by Crippen LogP contribution is 2.30. The maximum absolute atomic E-state index is 12.9. The summed E-state index contributed by atoms with van der Waals surface area (Å²) in [6.07, 6.45) is 0. The predicted octanol–water partition coefficient (Wildman–Crippen LogP) is 5.84. The van der Waals surface area contributed by atoms with Gasteiger partial charge in [0.25, 0.3) is 17.7 Å². The highest BCUT2D eigenvalue weighted by Gasteiger charge is 2.38. The molecule has 4 aromatic carbocycles. The highest BCUT2D eigenvalue weighted by atomic mass is 35.5. The number of nitrogens with zero attached hydrogens (tertiary/aromatic N) is 1. The third-order valence-electron chi connectivity index (χ3n) is 5.77. The summed E-state index contributed by atoms with van der Waals surface area (Å²) < 4.78 is 0. The fourth-order valence-electron chi connectivity index (χ4n) is 3.92. The summed E-state index contributed by atoms with van der Waals surface area (Å²) in [5.41, 5.74) is 3.13. The Morgan fingerprint density at radius 3 is 2.23 bits per heavy atom. The van der Waals surface area contributed by atoms with E-state index in [-0.39, 0.29) is 16.6 Å². The number of amides is 3. The van der Waals surface area contributed by atoms with Gasteiger partial charge < -0.3 is 10.6 Å². The number of imide groups is 1. The van der Waals surface area contributed by atoms with E-state index in [1.165, 1.54) is 0 Å². The summed E-state index contributed by atoms with van der Waals surface area (Å²) in [6.45, 7) is 1.92. The molecule has 0 saturated carbocycles. The van der Waals surface area contributed by atoms with Gasteiger partial charge in [-0.15, -0.1) is 0 Å². The fourth-order valence-corrected chi connectivity index (χ4v) is 4.13. The number of nitrogens with one attached hydrogen (secondary N) is 2. The van der Waals surface area contributed by atoms with Gasteiger partial charge in [0, 0.05) is 22.3 Å². The Balaban J connectivity index is 1.31. The lowest BCUT2D eigenvalue weighted by molar-refractivity contribution is -0.120. The van der Waals surface area contributed by atoms with Crippen LogP contribution in [-0.2, 0) is 9.59 Å². The van der Waals surface area contributed by atoms with Gasteiger partial charge in [0.1, 0.15) is 10.7 Å². The van der Waals surface area contributed by atoms with Crippen molar-refractivity contribution in [2.75, 3.05) is 15.5 Å².